The van der Waals surface area contributed by atoms with Crippen molar-refractivity contribution in [1.29, 1.82) is 0 Å². The minimum absolute atomic E-state index is 0.126. The van der Waals surface area contributed by atoms with Gasteiger partial charge in [-0.1, -0.05) is 6.07 Å². The van der Waals surface area contributed by atoms with Crippen LogP contribution in [0.3, 0.4) is 0 Å². The SMILES string of the molecule is COc1ccc(/C=C/C(=O)O)cc1S(=O)(=O)NC[C@@H](C)O. The summed E-state index contributed by atoms with van der Waals surface area (Å²) in [6.07, 6.45) is 1.34. The van der Waals surface area contributed by atoms with E-state index in [0.29, 0.717) is 5.56 Å². The normalized spacial score (nSPS) is 13.3. The Kier molecular flexibility index (Phi) is 5.89. The molecule has 0 aliphatic heterocycles. The zero-order valence-corrected chi connectivity index (χ0v) is 12.4. The van der Waals surface area contributed by atoms with Gasteiger partial charge in [-0.2, -0.15) is 0 Å². The van der Waals surface area contributed by atoms with E-state index in [9.17, 15) is 13.2 Å². The number of nitrogens with one attached hydrogen (secondary N) is 1. The lowest BCUT2D eigenvalue weighted by Crippen LogP contribution is -2.30. The van der Waals surface area contributed by atoms with E-state index in [4.69, 9.17) is 14.9 Å². The highest BCUT2D eigenvalue weighted by molar-refractivity contribution is 7.89. The van der Waals surface area contributed by atoms with Crippen molar-refractivity contribution >= 4 is 22.1 Å². The highest BCUT2D eigenvalue weighted by atomic mass is 32.2. The van der Waals surface area contributed by atoms with Gasteiger partial charge in [0.2, 0.25) is 10.0 Å². The Bertz CT molecular complexity index is 636. The quantitative estimate of drug-likeness (QED) is 0.630. The highest BCUT2D eigenvalue weighted by Crippen LogP contribution is 2.25. The van der Waals surface area contributed by atoms with Crippen molar-refractivity contribution in [1.82, 2.24) is 4.72 Å². The topological polar surface area (TPSA) is 113 Å². The number of methoxy groups -OCH3 is 1. The second kappa shape index (κ2) is 7.21. The third kappa shape index (κ3) is 5.18. The van der Waals surface area contributed by atoms with Crippen LogP contribution in [0.25, 0.3) is 6.08 Å². The highest BCUT2D eigenvalue weighted by Gasteiger charge is 2.20. The minimum Gasteiger partial charge on any atom is -0.495 e. The van der Waals surface area contributed by atoms with Crippen LogP contribution in [0.15, 0.2) is 29.2 Å². The number of hydrogen-bond acceptors (Lipinski definition) is 5. The Morgan fingerprint density at radius 3 is 2.67 bits per heavy atom. The Balaban J connectivity index is 3.19. The van der Waals surface area contributed by atoms with E-state index < -0.39 is 22.1 Å². The van der Waals surface area contributed by atoms with Crippen LogP contribution in [0.1, 0.15) is 12.5 Å². The fourth-order valence-electron chi connectivity index (χ4n) is 1.48. The lowest BCUT2D eigenvalue weighted by atomic mass is 10.2. The molecule has 21 heavy (non-hydrogen) atoms. The summed E-state index contributed by atoms with van der Waals surface area (Å²) in [6.45, 7) is 1.31. The van der Waals surface area contributed by atoms with Crippen LogP contribution in [-0.2, 0) is 14.8 Å². The minimum atomic E-state index is -3.88. The number of ether oxygens (including phenoxy) is 1. The summed E-state index contributed by atoms with van der Waals surface area (Å²) in [5, 5.41) is 17.7. The first-order valence-corrected chi connectivity index (χ1v) is 7.51. The Morgan fingerprint density at radius 1 is 1.48 bits per heavy atom. The molecular formula is C13H17NO6S. The maximum absolute atomic E-state index is 12.2. The van der Waals surface area contributed by atoms with Gasteiger partial charge in [0.05, 0.1) is 13.2 Å². The first-order chi connectivity index (χ1) is 9.76. The zero-order chi connectivity index (χ0) is 16.0. The van der Waals surface area contributed by atoms with Gasteiger partial charge < -0.3 is 14.9 Å². The lowest BCUT2D eigenvalue weighted by Gasteiger charge is -2.12. The second-order valence-corrected chi connectivity index (χ2v) is 6.02. The van der Waals surface area contributed by atoms with E-state index in [1.807, 2.05) is 0 Å². The fraction of sp³-hybridized carbons (Fsp3) is 0.308. The predicted molar refractivity (Wildman–Crippen MR) is 76.5 cm³/mol. The molecule has 0 saturated heterocycles. The summed E-state index contributed by atoms with van der Waals surface area (Å²) in [4.78, 5) is 10.4. The smallest absolute Gasteiger partial charge is 0.328 e. The molecule has 116 valence electrons. The van der Waals surface area contributed by atoms with Crippen LogP contribution in [0.5, 0.6) is 5.75 Å². The number of carbonyl (C=O) groups is 1. The summed E-state index contributed by atoms with van der Waals surface area (Å²) >= 11 is 0. The standard InChI is InChI=1S/C13H17NO6S/c1-9(15)8-14-21(18,19)12-7-10(4-6-13(16)17)3-5-11(12)20-2/h3-7,9,14-15H,8H2,1-2H3,(H,16,17)/b6-4+/t9-/m1/s1. The van der Waals surface area contributed by atoms with Gasteiger partial charge in [-0.25, -0.2) is 17.9 Å². The van der Waals surface area contributed by atoms with Gasteiger partial charge in [0, 0.05) is 12.6 Å². The first kappa shape index (κ1) is 17.2. The van der Waals surface area contributed by atoms with Crippen LogP contribution >= 0.6 is 0 Å². The van der Waals surface area contributed by atoms with Gasteiger partial charge in [-0.3, -0.25) is 0 Å². The van der Waals surface area contributed by atoms with E-state index in [2.05, 4.69) is 4.72 Å². The third-order valence-corrected chi connectivity index (χ3v) is 3.91. The van der Waals surface area contributed by atoms with Gasteiger partial charge in [0.1, 0.15) is 10.6 Å². The predicted octanol–water partition coefficient (Wildman–Crippen LogP) is 0.452. The number of aliphatic hydroxyl groups is 1. The van der Waals surface area contributed by atoms with Gasteiger partial charge in [-0.15, -0.1) is 0 Å². The largest absolute Gasteiger partial charge is 0.495 e. The Labute approximate surface area is 122 Å². The van der Waals surface area contributed by atoms with Crippen LogP contribution in [-0.4, -0.2) is 44.4 Å². The molecule has 0 aromatic heterocycles. The van der Waals surface area contributed by atoms with Crippen LogP contribution in [0.4, 0.5) is 0 Å². The monoisotopic (exact) mass is 315 g/mol. The van der Waals surface area contributed by atoms with Crippen molar-refractivity contribution in [3.63, 3.8) is 0 Å². The number of aliphatic carboxylic acids is 1. The number of carboxylic acids is 1. The third-order valence-electron chi connectivity index (χ3n) is 2.46. The molecule has 0 fully saturated rings. The molecule has 0 unspecified atom stereocenters. The van der Waals surface area contributed by atoms with E-state index in [1.165, 1.54) is 38.3 Å². The van der Waals surface area contributed by atoms with Crippen molar-refractivity contribution in [2.24, 2.45) is 0 Å². The molecule has 1 atom stereocenters. The molecule has 0 radical (unpaired) electrons. The van der Waals surface area contributed by atoms with E-state index in [0.717, 1.165) is 6.08 Å². The van der Waals surface area contributed by atoms with Gasteiger partial charge in [-0.05, 0) is 30.7 Å². The summed E-state index contributed by atoms with van der Waals surface area (Å²) in [5.41, 5.74) is 0.399. The summed E-state index contributed by atoms with van der Waals surface area (Å²) in [7, 11) is -2.55. The molecule has 0 aliphatic carbocycles. The average Bonchev–Trinajstić information content (AvgIpc) is 2.42. The average molecular weight is 315 g/mol. The molecule has 0 bridgehead atoms. The van der Waals surface area contributed by atoms with Crippen LogP contribution < -0.4 is 9.46 Å². The maximum Gasteiger partial charge on any atom is 0.328 e. The Morgan fingerprint density at radius 2 is 2.14 bits per heavy atom. The molecule has 8 heteroatoms. The van der Waals surface area contributed by atoms with Crippen molar-refractivity contribution in [3.8, 4) is 5.75 Å². The molecule has 7 nitrogen and oxygen atoms in total. The van der Waals surface area contributed by atoms with E-state index in [-0.39, 0.29) is 17.2 Å². The summed E-state index contributed by atoms with van der Waals surface area (Å²) in [6, 6.07) is 4.26. The first-order valence-electron chi connectivity index (χ1n) is 6.03. The number of rotatable bonds is 7. The van der Waals surface area contributed by atoms with Gasteiger partial charge >= 0.3 is 5.97 Å². The summed E-state index contributed by atoms with van der Waals surface area (Å²) in [5.74, 6) is -1.01. The number of aliphatic hydroxyl groups excluding tert-OH is 1. The maximum atomic E-state index is 12.2. The van der Waals surface area contributed by atoms with Crippen molar-refractivity contribution in [2.45, 2.75) is 17.9 Å². The number of hydrogen-bond donors (Lipinski definition) is 3. The van der Waals surface area contributed by atoms with E-state index in [1.54, 1.807) is 0 Å². The van der Waals surface area contributed by atoms with Crippen LogP contribution in [0, 0.1) is 0 Å². The van der Waals surface area contributed by atoms with Gasteiger partial charge in [0.15, 0.2) is 0 Å². The Hall–Kier alpha value is -1.90. The molecule has 0 saturated carbocycles. The molecule has 1 rings (SSSR count). The number of carboxylic acid groups (broad SMARTS) is 1. The van der Waals surface area contributed by atoms with Crippen LogP contribution in [0.2, 0.25) is 0 Å². The van der Waals surface area contributed by atoms with E-state index >= 15 is 0 Å². The molecular weight excluding hydrogens is 298 g/mol. The summed E-state index contributed by atoms with van der Waals surface area (Å²) < 4.78 is 31.6. The van der Waals surface area contributed by atoms with Gasteiger partial charge in [0.25, 0.3) is 0 Å². The molecule has 0 spiro atoms. The molecule has 0 amide bonds. The van der Waals surface area contributed by atoms with Crippen molar-refractivity contribution in [2.75, 3.05) is 13.7 Å². The molecule has 1 aromatic carbocycles. The fourth-order valence-corrected chi connectivity index (χ4v) is 2.81. The number of sulfonamides is 1. The lowest BCUT2D eigenvalue weighted by molar-refractivity contribution is -0.131. The second-order valence-electron chi connectivity index (χ2n) is 4.28. The molecule has 0 aliphatic rings. The zero-order valence-electron chi connectivity index (χ0n) is 11.6. The molecule has 0 heterocycles. The van der Waals surface area contributed by atoms with Crippen molar-refractivity contribution < 1.29 is 28.2 Å². The molecule has 3 N–H and O–H groups in total. The number of benzene rings is 1. The van der Waals surface area contributed by atoms with Crippen molar-refractivity contribution in [3.05, 3.63) is 29.8 Å². The molecule has 1 aromatic rings.